The second-order valence-electron chi connectivity index (χ2n) is 7.15. The summed E-state index contributed by atoms with van der Waals surface area (Å²) < 4.78 is 40.9. The zero-order chi connectivity index (χ0) is 24.3. The molecule has 2 heterocycles. The first-order chi connectivity index (χ1) is 15.6. The van der Waals surface area contributed by atoms with E-state index < -0.39 is 30.1 Å². The van der Waals surface area contributed by atoms with Crippen LogP contribution in [0, 0.1) is 0 Å². The maximum absolute atomic E-state index is 13.6. The Morgan fingerprint density at radius 3 is 2.45 bits per heavy atom. The maximum Gasteiger partial charge on any atom is 0.412 e. The lowest BCUT2D eigenvalue weighted by Gasteiger charge is -2.38. The van der Waals surface area contributed by atoms with Crippen LogP contribution in [-0.2, 0) is 4.79 Å². The second-order valence-corrected chi connectivity index (χ2v) is 9.95. The third kappa shape index (κ3) is 5.56. The van der Waals surface area contributed by atoms with Crippen LogP contribution in [0.5, 0.6) is 0 Å². The Morgan fingerprint density at radius 1 is 1.24 bits per heavy atom. The first-order valence-corrected chi connectivity index (χ1v) is 12.4. The number of thioether (sulfide) groups is 1. The monoisotopic (exact) mass is 517 g/mol. The normalized spacial score (nSPS) is 18.9. The molecule has 33 heavy (non-hydrogen) atoms. The van der Waals surface area contributed by atoms with Crippen LogP contribution < -0.4 is 10.6 Å². The Morgan fingerprint density at radius 2 is 1.91 bits per heavy atom. The number of carbonyl (C=O) groups is 2. The zero-order valence-corrected chi connectivity index (χ0v) is 20.5. The van der Waals surface area contributed by atoms with E-state index in [0.29, 0.717) is 15.7 Å². The molecule has 0 saturated carbocycles. The standard InChI is InChI=1S/C22H23ClF3N3O2S2/c1-4-29-17(22(24,25)26)10-14(18(27-3)21(29)31)28-20(30)19-16(32-5-2)11-15(33-19)12-6-8-13(23)9-7-12/h6-11,17-18,27H,4-5H2,1-3H3,(H,28,30). The van der Waals surface area contributed by atoms with Gasteiger partial charge in [0, 0.05) is 27.0 Å². The van der Waals surface area contributed by atoms with Gasteiger partial charge in [0.1, 0.15) is 17.0 Å². The number of halogens is 4. The Bertz CT molecular complexity index is 1050. The van der Waals surface area contributed by atoms with E-state index in [0.717, 1.165) is 26.3 Å². The lowest BCUT2D eigenvalue weighted by molar-refractivity contribution is -0.181. The van der Waals surface area contributed by atoms with E-state index in [1.165, 1.54) is 37.1 Å². The predicted molar refractivity (Wildman–Crippen MR) is 127 cm³/mol. The van der Waals surface area contributed by atoms with Crippen LogP contribution >= 0.6 is 34.7 Å². The van der Waals surface area contributed by atoms with Gasteiger partial charge in [0.25, 0.3) is 5.91 Å². The lowest BCUT2D eigenvalue weighted by Crippen LogP contribution is -2.59. The van der Waals surface area contributed by atoms with Crippen molar-refractivity contribution in [3.8, 4) is 10.4 Å². The van der Waals surface area contributed by atoms with Gasteiger partial charge in [0.15, 0.2) is 0 Å². The summed E-state index contributed by atoms with van der Waals surface area (Å²) >= 11 is 8.65. The fourth-order valence-electron chi connectivity index (χ4n) is 3.55. The molecule has 5 nitrogen and oxygen atoms in total. The van der Waals surface area contributed by atoms with Crippen LogP contribution in [0.1, 0.15) is 23.5 Å². The molecule has 0 radical (unpaired) electrons. The molecule has 2 amide bonds. The summed E-state index contributed by atoms with van der Waals surface area (Å²) in [5, 5.41) is 5.88. The molecule has 2 aromatic rings. The minimum Gasteiger partial charge on any atom is -0.326 e. The smallest absolute Gasteiger partial charge is 0.326 e. The molecule has 1 aliphatic rings. The number of benzene rings is 1. The van der Waals surface area contributed by atoms with E-state index in [9.17, 15) is 22.8 Å². The van der Waals surface area contributed by atoms with Gasteiger partial charge in [-0.1, -0.05) is 30.7 Å². The number of nitrogens with one attached hydrogen (secondary N) is 2. The molecule has 0 spiro atoms. The molecule has 1 aliphatic heterocycles. The highest BCUT2D eigenvalue weighted by Gasteiger charge is 2.48. The Hall–Kier alpha value is -2.01. The molecule has 0 aliphatic carbocycles. The number of hydrogen-bond donors (Lipinski definition) is 2. The Labute approximate surface area is 203 Å². The molecule has 0 saturated heterocycles. The van der Waals surface area contributed by atoms with Gasteiger partial charge in [-0.3, -0.25) is 9.59 Å². The summed E-state index contributed by atoms with van der Waals surface area (Å²) in [6, 6.07) is 5.86. The number of alkyl halides is 3. The predicted octanol–water partition coefficient (Wildman–Crippen LogP) is 5.18. The van der Waals surface area contributed by atoms with Crippen molar-refractivity contribution in [1.29, 1.82) is 0 Å². The molecule has 0 fully saturated rings. The molecular formula is C22H23ClF3N3O2S2. The summed E-state index contributed by atoms with van der Waals surface area (Å²) in [5.74, 6) is -0.586. The van der Waals surface area contributed by atoms with E-state index in [1.807, 2.05) is 25.1 Å². The summed E-state index contributed by atoms with van der Waals surface area (Å²) in [5.41, 5.74) is 0.769. The van der Waals surface area contributed by atoms with Crippen LogP contribution in [0.25, 0.3) is 10.4 Å². The SMILES string of the molecule is CCSc1cc(-c2ccc(Cl)cc2)sc1C(=O)NC1=CC(C(F)(F)F)N(CC)C(=O)C1NC. The van der Waals surface area contributed by atoms with E-state index in [-0.39, 0.29) is 12.2 Å². The summed E-state index contributed by atoms with van der Waals surface area (Å²) in [7, 11) is 1.46. The number of carbonyl (C=O) groups excluding carboxylic acids is 2. The first-order valence-electron chi connectivity index (χ1n) is 10.2. The van der Waals surface area contributed by atoms with Crippen molar-refractivity contribution in [2.75, 3.05) is 19.3 Å². The molecule has 11 heteroatoms. The maximum atomic E-state index is 13.6. The fourth-order valence-corrected chi connectivity index (χ4v) is 5.74. The van der Waals surface area contributed by atoms with Gasteiger partial charge in [0.05, 0.1) is 0 Å². The van der Waals surface area contributed by atoms with Crippen molar-refractivity contribution < 1.29 is 22.8 Å². The molecule has 2 unspecified atom stereocenters. The fraction of sp³-hybridized carbons (Fsp3) is 0.364. The molecule has 3 rings (SSSR count). The third-order valence-corrected chi connectivity index (χ3v) is 7.56. The molecule has 1 aromatic heterocycles. The summed E-state index contributed by atoms with van der Waals surface area (Å²) in [6.07, 6.45) is -3.75. The van der Waals surface area contributed by atoms with Gasteiger partial charge in [-0.05, 0) is 49.6 Å². The minimum atomic E-state index is -4.66. The highest BCUT2D eigenvalue weighted by Crippen LogP contribution is 2.38. The van der Waals surface area contributed by atoms with Gasteiger partial charge in [0.2, 0.25) is 5.91 Å². The molecule has 178 valence electrons. The molecular weight excluding hydrogens is 495 g/mol. The van der Waals surface area contributed by atoms with Crippen molar-refractivity contribution >= 4 is 46.5 Å². The van der Waals surface area contributed by atoms with Crippen molar-refractivity contribution in [1.82, 2.24) is 15.5 Å². The minimum absolute atomic E-state index is 0.103. The lowest BCUT2D eigenvalue weighted by atomic mass is 10.0. The zero-order valence-electron chi connectivity index (χ0n) is 18.1. The highest BCUT2D eigenvalue weighted by molar-refractivity contribution is 7.99. The average molecular weight is 518 g/mol. The largest absolute Gasteiger partial charge is 0.412 e. The van der Waals surface area contributed by atoms with E-state index in [2.05, 4.69) is 10.6 Å². The van der Waals surface area contributed by atoms with Crippen LogP contribution in [0.3, 0.4) is 0 Å². The molecule has 0 bridgehead atoms. The molecule has 1 aromatic carbocycles. The third-order valence-electron chi connectivity index (χ3n) is 5.07. The number of thiophene rings is 1. The summed E-state index contributed by atoms with van der Waals surface area (Å²) in [6.45, 7) is 3.32. The first kappa shape index (κ1) is 25.6. The second kappa shape index (κ2) is 10.5. The van der Waals surface area contributed by atoms with Gasteiger partial charge in [-0.2, -0.15) is 13.2 Å². The Balaban J connectivity index is 1.96. The number of rotatable bonds is 7. The van der Waals surface area contributed by atoms with Gasteiger partial charge in [-0.15, -0.1) is 23.1 Å². The number of nitrogens with zero attached hydrogens (tertiary/aromatic N) is 1. The van der Waals surface area contributed by atoms with Crippen molar-refractivity contribution in [2.24, 2.45) is 0 Å². The van der Waals surface area contributed by atoms with Gasteiger partial charge >= 0.3 is 6.18 Å². The van der Waals surface area contributed by atoms with Gasteiger partial charge < -0.3 is 15.5 Å². The van der Waals surface area contributed by atoms with Crippen LogP contribution in [0.15, 0.2) is 47.0 Å². The molecule has 2 N–H and O–H groups in total. The number of amides is 2. The van der Waals surface area contributed by atoms with Crippen molar-refractivity contribution in [2.45, 2.75) is 37.0 Å². The van der Waals surface area contributed by atoms with E-state index >= 15 is 0 Å². The number of hydrogen-bond acceptors (Lipinski definition) is 5. The average Bonchev–Trinajstić information content (AvgIpc) is 3.18. The van der Waals surface area contributed by atoms with Crippen LogP contribution in [-0.4, -0.2) is 54.3 Å². The van der Waals surface area contributed by atoms with E-state index in [4.69, 9.17) is 11.6 Å². The number of likely N-dealkylation sites (N-methyl/N-ethyl adjacent to an activating group) is 2. The quantitative estimate of drug-likeness (QED) is 0.497. The van der Waals surface area contributed by atoms with Crippen molar-refractivity contribution in [3.63, 3.8) is 0 Å². The summed E-state index contributed by atoms with van der Waals surface area (Å²) in [4.78, 5) is 28.6. The van der Waals surface area contributed by atoms with E-state index in [1.54, 1.807) is 12.1 Å². The highest BCUT2D eigenvalue weighted by atomic mass is 35.5. The topological polar surface area (TPSA) is 61.4 Å². The van der Waals surface area contributed by atoms with Crippen molar-refractivity contribution in [3.05, 3.63) is 52.0 Å². The van der Waals surface area contributed by atoms with Gasteiger partial charge in [-0.25, -0.2) is 0 Å². The van der Waals surface area contributed by atoms with Crippen LogP contribution in [0.2, 0.25) is 5.02 Å². The Kier molecular flexibility index (Phi) is 8.15. The van der Waals surface area contributed by atoms with Crippen LogP contribution in [0.4, 0.5) is 13.2 Å². The molecule has 2 atom stereocenters.